The van der Waals surface area contributed by atoms with E-state index in [-0.39, 0.29) is 5.56 Å². The van der Waals surface area contributed by atoms with Crippen LogP contribution < -0.4 is 10.9 Å². The molecule has 0 amide bonds. The third-order valence-corrected chi connectivity index (χ3v) is 6.86. The van der Waals surface area contributed by atoms with Gasteiger partial charge in [0.2, 0.25) is 0 Å². The Hall–Kier alpha value is -2.02. The van der Waals surface area contributed by atoms with Gasteiger partial charge in [-0.3, -0.25) is 14.3 Å². The van der Waals surface area contributed by atoms with Crippen molar-refractivity contribution in [2.45, 2.75) is 38.5 Å². The normalized spacial score (nSPS) is 20.1. The van der Waals surface area contributed by atoms with Crippen molar-refractivity contribution in [3.05, 3.63) is 62.5 Å². The van der Waals surface area contributed by atoms with Crippen LogP contribution in [0.25, 0.3) is 10.2 Å². The van der Waals surface area contributed by atoms with Gasteiger partial charge in [-0.25, -0.2) is 4.98 Å². The van der Waals surface area contributed by atoms with Gasteiger partial charge in [-0.15, -0.1) is 11.3 Å². The van der Waals surface area contributed by atoms with E-state index in [1.54, 1.807) is 17.7 Å². The molecule has 2 aliphatic rings. The van der Waals surface area contributed by atoms with E-state index in [1.807, 2.05) is 4.57 Å². The molecule has 0 saturated heterocycles. The van der Waals surface area contributed by atoms with Crippen LogP contribution in [0.1, 0.15) is 21.6 Å². The number of fused-ring (bicyclic) bond motifs is 4. The zero-order chi connectivity index (χ0) is 17.7. The van der Waals surface area contributed by atoms with E-state index in [1.165, 1.54) is 21.6 Å². The molecule has 1 N–H and O–H groups in total. The molecule has 1 atom stereocenters. The molecule has 0 bridgehead atoms. The molecule has 5 rings (SSSR count). The fraction of sp³-hybridized carbons (Fsp3) is 0.400. The van der Waals surface area contributed by atoms with E-state index in [0.717, 1.165) is 42.7 Å². The van der Waals surface area contributed by atoms with Gasteiger partial charge in [0.15, 0.2) is 0 Å². The topological polar surface area (TPSA) is 50.2 Å². The molecule has 0 aliphatic carbocycles. The van der Waals surface area contributed by atoms with Crippen molar-refractivity contribution >= 4 is 21.6 Å². The number of nitrogens with one attached hydrogen (secondary N) is 1. The maximum atomic E-state index is 13.2. The lowest BCUT2D eigenvalue weighted by molar-refractivity contribution is 0.193. The zero-order valence-corrected chi connectivity index (χ0v) is 15.7. The number of hydrogen-bond acceptors (Lipinski definition) is 5. The highest BCUT2D eigenvalue weighted by molar-refractivity contribution is 7.18. The van der Waals surface area contributed by atoms with E-state index >= 15 is 0 Å². The third-order valence-electron chi connectivity index (χ3n) is 5.72. The summed E-state index contributed by atoms with van der Waals surface area (Å²) in [6, 6.07) is 8.93. The van der Waals surface area contributed by atoms with Crippen LogP contribution in [0.2, 0.25) is 0 Å². The van der Waals surface area contributed by atoms with Crippen LogP contribution in [-0.2, 0) is 32.5 Å². The van der Waals surface area contributed by atoms with Gasteiger partial charge < -0.3 is 5.32 Å². The molecular formula is C20H22N4OS. The fourth-order valence-corrected chi connectivity index (χ4v) is 5.38. The molecule has 6 heteroatoms. The fourth-order valence-electron chi connectivity index (χ4n) is 4.23. The highest BCUT2D eigenvalue weighted by Crippen LogP contribution is 2.30. The van der Waals surface area contributed by atoms with Crippen molar-refractivity contribution in [2.75, 3.05) is 13.6 Å². The predicted octanol–water partition coefficient (Wildman–Crippen LogP) is 2.16. The standard InChI is InChI=1S/C20H22N4OS/c1-23-10-14-5-3-2-4-13(14)8-15(23)11-24-12-22-19-18(20(24)25)16-6-7-21-9-17(16)26-19/h2-5,12,15,21H,6-11H2,1H3/t15-/m0/s1. The summed E-state index contributed by atoms with van der Waals surface area (Å²) in [6.07, 6.45) is 3.64. The van der Waals surface area contributed by atoms with Gasteiger partial charge in [0.25, 0.3) is 5.56 Å². The highest BCUT2D eigenvalue weighted by atomic mass is 32.1. The molecule has 0 unspecified atom stereocenters. The van der Waals surface area contributed by atoms with E-state index in [4.69, 9.17) is 0 Å². The summed E-state index contributed by atoms with van der Waals surface area (Å²) in [5, 5.41) is 4.24. The molecule has 0 saturated carbocycles. The predicted molar refractivity (Wildman–Crippen MR) is 105 cm³/mol. The molecule has 1 aromatic carbocycles. The molecule has 5 nitrogen and oxygen atoms in total. The average molecular weight is 366 g/mol. The Morgan fingerprint density at radius 2 is 2.15 bits per heavy atom. The maximum absolute atomic E-state index is 13.2. The Morgan fingerprint density at radius 3 is 3.04 bits per heavy atom. The van der Waals surface area contributed by atoms with E-state index in [9.17, 15) is 4.79 Å². The van der Waals surface area contributed by atoms with Crippen LogP contribution in [-0.4, -0.2) is 34.1 Å². The van der Waals surface area contributed by atoms with Gasteiger partial charge in [-0.1, -0.05) is 24.3 Å². The summed E-state index contributed by atoms with van der Waals surface area (Å²) in [6.45, 7) is 3.42. The quantitative estimate of drug-likeness (QED) is 0.755. The summed E-state index contributed by atoms with van der Waals surface area (Å²) in [7, 11) is 2.15. The minimum atomic E-state index is 0.127. The second-order valence-electron chi connectivity index (χ2n) is 7.35. The van der Waals surface area contributed by atoms with Gasteiger partial charge in [-0.2, -0.15) is 0 Å². The van der Waals surface area contributed by atoms with Crippen LogP contribution in [0.4, 0.5) is 0 Å². The summed E-state index contributed by atoms with van der Waals surface area (Å²) in [5.74, 6) is 0. The number of rotatable bonds is 2. The number of hydrogen-bond donors (Lipinski definition) is 1. The number of benzene rings is 1. The Kier molecular flexibility index (Phi) is 3.92. The van der Waals surface area contributed by atoms with Crippen molar-refractivity contribution in [1.29, 1.82) is 0 Å². The van der Waals surface area contributed by atoms with Crippen LogP contribution in [0, 0.1) is 0 Å². The number of aromatic nitrogens is 2. The lowest BCUT2D eigenvalue weighted by atomic mass is 9.94. The van der Waals surface area contributed by atoms with Crippen LogP contribution >= 0.6 is 11.3 Å². The van der Waals surface area contributed by atoms with E-state index < -0.39 is 0 Å². The Labute approximate surface area is 156 Å². The van der Waals surface area contributed by atoms with E-state index in [0.29, 0.717) is 12.6 Å². The van der Waals surface area contributed by atoms with Gasteiger partial charge in [-0.05, 0) is 43.1 Å². The summed E-state index contributed by atoms with van der Waals surface area (Å²) >= 11 is 1.66. The Balaban J connectivity index is 1.50. The van der Waals surface area contributed by atoms with Gasteiger partial charge >= 0.3 is 0 Å². The monoisotopic (exact) mass is 366 g/mol. The molecule has 26 heavy (non-hydrogen) atoms. The zero-order valence-electron chi connectivity index (χ0n) is 14.9. The molecule has 0 fully saturated rings. The first-order chi connectivity index (χ1) is 12.7. The van der Waals surface area contributed by atoms with Crippen molar-refractivity contribution < 1.29 is 0 Å². The third kappa shape index (κ3) is 2.60. The van der Waals surface area contributed by atoms with Crippen molar-refractivity contribution in [2.24, 2.45) is 0 Å². The summed E-state index contributed by atoms with van der Waals surface area (Å²) in [4.78, 5) is 22.3. The van der Waals surface area contributed by atoms with E-state index in [2.05, 4.69) is 46.5 Å². The first-order valence-electron chi connectivity index (χ1n) is 9.18. The smallest absolute Gasteiger partial charge is 0.262 e. The first-order valence-corrected chi connectivity index (χ1v) is 10.00. The SMILES string of the molecule is CN1Cc2ccccc2C[C@H]1Cn1cnc2sc3c(c2c1=O)CCNC3. The first kappa shape index (κ1) is 16.2. The summed E-state index contributed by atoms with van der Waals surface area (Å²) in [5.41, 5.74) is 4.14. The molecular weight excluding hydrogens is 344 g/mol. The molecule has 134 valence electrons. The molecule has 0 radical (unpaired) electrons. The number of nitrogens with zero attached hydrogens (tertiary/aromatic N) is 3. The number of likely N-dealkylation sites (N-methyl/N-ethyl adjacent to an activating group) is 1. The molecule has 0 spiro atoms. The minimum absolute atomic E-state index is 0.127. The van der Waals surface area contributed by atoms with Crippen LogP contribution in [0.5, 0.6) is 0 Å². The van der Waals surface area contributed by atoms with Crippen LogP contribution in [0.15, 0.2) is 35.4 Å². The average Bonchev–Trinajstić information content (AvgIpc) is 3.04. The second kappa shape index (κ2) is 6.30. The van der Waals surface area contributed by atoms with Gasteiger partial charge in [0, 0.05) is 30.6 Å². The molecule has 2 aromatic heterocycles. The van der Waals surface area contributed by atoms with Crippen molar-refractivity contribution in [1.82, 2.24) is 19.8 Å². The number of thiophene rings is 1. The molecule has 2 aliphatic heterocycles. The largest absolute Gasteiger partial charge is 0.312 e. The van der Waals surface area contributed by atoms with Crippen LogP contribution in [0.3, 0.4) is 0 Å². The van der Waals surface area contributed by atoms with Crippen molar-refractivity contribution in [3.63, 3.8) is 0 Å². The maximum Gasteiger partial charge on any atom is 0.262 e. The lowest BCUT2D eigenvalue weighted by Crippen LogP contribution is -2.42. The lowest BCUT2D eigenvalue weighted by Gasteiger charge is -2.34. The molecule has 4 heterocycles. The summed E-state index contributed by atoms with van der Waals surface area (Å²) < 4.78 is 1.83. The second-order valence-corrected chi connectivity index (χ2v) is 8.44. The minimum Gasteiger partial charge on any atom is -0.312 e. The Bertz CT molecular complexity index is 1040. The highest BCUT2D eigenvalue weighted by Gasteiger charge is 2.25. The van der Waals surface area contributed by atoms with Gasteiger partial charge in [0.1, 0.15) is 4.83 Å². The van der Waals surface area contributed by atoms with Gasteiger partial charge in [0.05, 0.1) is 11.7 Å². The Morgan fingerprint density at radius 1 is 1.31 bits per heavy atom. The van der Waals surface area contributed by atoms with Crippen molar-refractivity contribution in [3.8, 4) is 0 Å². The molecule has 3 aromatic rings.